The highest BCUT2D eigenvalue weighted by Crippen LogP contribution is 2.27. The zero-order valence-corrected chi connectivity index (χ0v) is 29.2. The first-order valence-electron chi connectivity index (χ1n) is 16.7. The van der Waals surface area contributed by atoms with Gasteiger partial charge in [-0.2, -0.15) is 0 Å². The van der Waals surface area contributed by atoms with Gasteiger partial charge in [0, 0.05) is 31.7 Å². The summed E-state index contributed by atoms with van der Waals surface area (Å²) in [5.41, 5.74) is 16.6. The Labute approximate surface area is 306 Å². The first kappa shape index (κ1) is 44.4. The number of carboxylic acids is 1. The van der Waals surface area contributed by atoms with Crippen molar-refractivity contribution in [3.8, 4) is 22.3 Å². The summed E-state index contributed by atoms with van der Waals surface area (Å²) in [5.74, 6) is -4.00. The Morgan fingerprint density at radius 2 is 0.849 bits per heavy atom. The molecule has 0 heterocycles. The molecule has 0 unspecified atom stereocenters. The molecule has 4 aromatic rings. The zero-order chi connectivity index (χ0) is 38.8. The Kier molecular flexibility index (Phi) is 21.9. The van der Waals surface area contributed by atoms with Crippen LogP contribution >= 0.6 is 0 Å². The fourth-order valence-electron chi connectivity index (χ4n) is 4.35. The number of nitrogens with two attached hydrogens (primary N) is 3. The summed E-state index contributed by atoms with van der Waals surface area (Å²) in [4.78, 5) is 22.7. The molecule has 0 aliphatic heterocycles. The van der Waals surface area contributed by atoms with E-state index in [-0.39, 0.29) is 22.6 Å². The predicted molar refractivity (Wildman–Crippen MR) is 193 cm³/mol. The van der Waals surface area contributed by atoms with Crippen LogP contribution in [0.15, 0.2) is 84.9 Å². The van der Waals surface area contributed by atoms with E-state index >= 15 is 0 Å². The molecule has 0 bridgehead atoms. The van der Waals surface area contributed by atoms with Crippen LogP contribution in [0.3, 0.4) is 0 Å². The van der Waals surface area contributed by atoms with Gasteiger partial charge >= 0.3 is 5.97 Å². The number of aromatic carboxylic acids is 1. The molecule has 0 saturated heterocycles. The van der Waals surface area contributed by atoms with Crippen molar-refractivity contribution in [3.05, 3.63) is 119 Å². The number of carbonyl (C=O) groups excluding carboxylic acids is 1. The second kappa shape index (κ2) is 26.1. The average Bonchev–Trinajstić information content (AvgIpc) is 3.15. The Morgan fingerprint density at radius 3 is 1.19 bits per heavy atom. The van der Waals surface area contributed by atoms with Gasteiger partial charge in [-0.05, 0) is 59.7 Å². The maximum Gasteiger partial charge on any atom is 0.335 e. The van der Waals surface area contributed by atoms with Crippen molar-refractivity contribution in [3.63, 3.8) is 0 Å². The number of halogens is 4. The van der Waals surface area contributed by atoms with Crippen molar-refractivity contribution in [2.75, 3.05) is 79.0 Å². The Morgan fingerprint density at radius 1 is 0.509 bits per heavy atom. The van der Waals surface area contributed by atoms with Crippen LogP contribution in [-0.2, 0) is 18.9 Å². The fourth-order valence-corrected chi connectivity index (χ4v) is 4.35. The molecule has 0 atom stereocenters. The molecule has 11 nitrogen and oxygen atoms in total. The maximum absolute atomic E-state index is 13.8. The monoisotopic (exact) mass is 746 g/mol. The Hall–Kier alpha value is -4.74. The van der Waals surface area contributed by atoms with Gasteiger partial charge in [-0.25, -0.2) is 22.4 Å². The number of hydrogen-bond donors (Lipinski definition) is 5. The van der Waals surface area contributed by atoms with Gasteiger partial charge in [0.05, 0.1) is 69.5 Å². The minimum atomic E-state index is -1.08. The number of carboxylic acid groups (broad SMARTS) is 1. The van der Waals surface area contributed by atoms with Crippen LogP contribution in [0.25, 0.3) is 22.3 Å². The van der Waals surface area contributed by atoms with E-state index < -0.39 is 29.2 Å². The molecule has 0 aliphatic rings. The molecule has 0 fully saturated rings. The molecular formula is C38H46F4N4O7. The van der Waals surface area contributed by atoms with E-state index in [9.17, 15) is 27.2 Å². The van der Waals surface area contributed by atoms with Gasteiger partial charge in [-0.15, -0.1) is 0 Å². The van der Waals surface area contributed by atoms with Crippen molar-refractivity contribution in [1.29, 1.82) is 0 Å². The number of ether oxygens (including phenoxy) is 4. The molecule has 53 heavy (non-hydrogen) atoms. The molecule has 0 aromatic heterocycles. The molecule has 4 aromatic carbocycles. The van der Waals surface area contributed by atoms with Crippen molar-refractivity contribution < 1.29 is 51.2 Å². The lowest BCUT2D eigenvalue weighted by Crippen LogP contribution is -2.27. The lowest BCUT2D eigenvalue weighted by atomic mass is 10.0. The summed E-state index contributed by atoms with van der Waals surface area (Å²) in [6.07, 6.45) is 0. The number of benzene rings is 4. The molecule has 4 rings (SSSR count). The van der Waals surface area contributed by atoms with Crippen LogP contribution < -0.4 is 22.5 Å². The lowest BCUT2D eigenvalue weighted by molar-refractivity contribution is 0.0511. The Balaban J connectivity index is 0.000000308. The number of nitrogens with one attached hydrogen (secondary N) is 1. The second-order valence-electron chi connectivity index (χ2n) is 10.7. The van der Waals surface area contributed by atoms with Gasteiger partial charge in [0.2, 0.25) is 0 Å². The first-order valence-corrected chi connectivity index (χ1v) is 16.7. The summed E-state index contributed by atoms with van der Waals surface area (Å²) in [6, 6.07) is 18.7. The molecule has 1 amide bonds. The minimum absolute atomic E-state index is 0.0745. The SMILES string of the molecule is NCCOCCOCCN.NCCOCCOCCNC(=O)c1ccc(-c2c(F)cccc2F)cc1.O=C(O)c1ccc(-c2c(F)cccc2F)cc1. The van der Waals surface area contributed by atoms with E-state index in [1.165, 1.54) is 72.8 Å². The summed E-state index contributed by atoms with van der Waals surface area (Å²) in [6.45, 7) is 6.11. The number of hydrogen-bond acceptors (Lipinski definition) is 9. The van der Waals surface area contributed by atoms with Crippen molar-refractivity contribution >= 4 is 11.9 Å². The van der Waals surface area contributed by atoms with Crippen LogP contribution in [0.4, 0.5) is 17.6 Å². The quantitative estimate of drug-likeness (QED) is 0.0671. The predicted octanol–water partition coefficient (Wildman–Crippen LogP) is 4.62. The van der Waals surface area contributed by atoms with Crippen molar-refractivity contribution in [1.82, 2.24) is 5.32 Å². The molecule has 15 heteroatoms. The van der Waals surface area contributed by atoms with Crippen LogP contribution in [0.5, 0.6) is 0 Å². The lowest BCUT2D eigenvalue weighted by Gasteiger charge is -2.08. The molecule has 0 radical (unpaired) electrons. The van der Waals surface area contributed by atoms with Gasteiger partial charge in [0.25, 0.3) is 5.91 Å². The number of amides is 1. The summed E-state index contributed by atoms with van der Waals surface area (Å²) in [5, 5.41) is 11.4. The number of rotatable bonds is 19. The molecule has 0 spiro atoms. The highest BCUT2D eigenvalue weighted by atomic mass is 19.1. The molecule has 288 valence electrons. The van der Waals surface area contributed by atoms with E-state index in [0.29, 0.717) is 95.7 Å². The van der Waals surface area contributed by atoms with E-state index in [0.717, 1.165) is 12.1 Å². The molecule has 0 saturated carbocycles. The fraction of sp³-hybridized carbons (Fsp3) is 0.316. The normalized spacial score (nSPS) is 10.5. The largest absolute Gasteiger partial charge is 0.478 e. The summed E-state index contributed by atoms with van der Waals surface area (Å²) in [7, 11) is 0. The van der Waals surface area contributed by atoms with E-state index in [1.54, 1.807) is 0 Å². The van der Waals surface area contributed by atoms with Gasteiger partial charge < -0.3 is 46.6 Å². The topological polar surface area (TPSA) is 181 Å². The summed E-state index contributed by atoms with van der Waals surface area (Å²) >= 11 is 0. The van der Waals surface area contributed by atoms with Crippen LogP contribution in [-0.4, -0.2) is 96.0 Å². The van der Waals surface area contributed by atoms with Crippen molar-refractivity contribution in [2.24, 2.45) is 17.2 Å². The first-order chi connectivity index (χ1) is 25.6. The third-order valence-corrected chi connectivity index (χ3v) is 6.84. The molecular weight excluding hydrogens is 700 g/mol. The molecule has 8 N–H and O–H groups in total. The third kappa shape index (κ3) is 16.6. The van der Waals surface area contributed by atoms with Gasteiger partial charge in [-0.3, -0.25) is 4.79 Å². The third-order valence-electron chi connectivity index (χ3n) is 6.84. The zero-order valence-electron chi connectivity index (χ0n) is 29.2. The maximum atomic E-state index is 13.8. The highest BCUT2D eigenvalue weighted by molar-refractivity contribution is 5.94. The van der Waals surface area contributed by atoms with Crippen LogP contribution in [0, 0.1) is 23.3 Å². The van der Waals surface area contributed by atoms with Gasteiger partial charge in [-0.1, -0.05) is 36.4 Å². The van der Waals surface area contributed by atoms with Crippen LogP contribution in [0.1, 0.15) is 20.7 Å². The highest BCUT2D eigenvalue weighted by Gasteiger charge is 2.13. The Bertz CT molecular complexity index is 1600. The average molecular weight is 747 g/mol. The van der Waals surface area contributed by atoms with Crippen LogP contribution in [0.2, 0.25) is 0 Å². The number of carbonyl (C=O) groups is 2. The summed E-state index contributed by atoms with van der Waals surface area (Å²) < 4.78 is 75.0. The minimum Gasteiger partial charge on any atom is -0.478 e. The van der Waals surface area contributed by atoms with E-state index in [4.69, 9.17) is 41.3 Å². The standard InChI is InChI=1S/C19H22F2N2O3.C13H8F2O2.C6H16N2O2/c20-16-2-1-3-17(21)18(16)14-4-6-15(7-5-14)19(24)23-9-11-26-13-12-25-10-8-22;14-10-2-1-3-11(15)12(10)8-4-6-9(7-5-8)13(16)17;7-1-3-9-5-6-10-4-2-8/h1-7H,8-13,22H2,(H,23,24);1-7H,(H,16,17);1-8H2. The molecule has 0 aliphatic carbocycles. The van der Waals surface area contributed by atoms with Crippen molar-refractivity contribution in [2.45, 2.75) is 0 Å². The second-order valence-corrected chi connectivity index (χ2v) is 10.7. The van der Waals surface area contributed by atoms with E-state index in [2.05, 4.69) is 5.32 Å². The van der Waals surface area contributed by atoms with Gasteiger partial charge in [0.1, 0.15) is 23.3 Å². The van der Waals surface area contributed by atoms with Gasteiger partial charge in [0.15, 0.2) is 0 Å². The smallest absolute Gasteiger partial charge is 0.335 e. The van der Waals surface area contributed by atoms with E-state index in [1.807, 2.05) is 0 Å².